The molecule has 0 unspecified atom stereocenters. The summed E-state index contributed by atoms with van der Waals surface area (Å²) in [6.07, 6.45) is 1.69. The molecule has 0 saturated carbocycles. The number of benzene rings is 3. The van der Waals surface area contributed by atoms with Crippen LogP contribution in [0.3, 0.4) is 0 Å². The van der Waals surface area contributed by atoms with E-state index in [1.54, 1.807) is 10.9 Å². The zero-order valence-electron chi connectivity index (χ0n) is 17.7. The number of hydrogen-bond acceptors (Lipinski definition) is 4. The summed E-state index contributed by atoms with van der Waals surface area (Å²) in [5.41, 5.74) is 4.71. The summed E-state index contributed by atoms with van der Waals surface area (Å²) in [7, 11) is 3.52. The minimum Gasteiger partial charge on any atom is -0.493 e. The van der Waals surface area contributed by atoms with E-state index >= 15 is 0 Å². The minimum absolute atomic E-state index is 0.218. The summed E-state index contributed by atoms with van der Waals surface area (Å²) in [6, 6.07) is 25.2. The normalized spacial score (nSPS) is 10.9. The van der Waals surface area contributed by atoms with Gasteiger partial charge in [-0.15, -0.1) is 0 Å². The van der Waals surface area contributed by atoms with Gasteiger partial charge in [0.15, 0.2) is 11.4 Å². The van der Waals surface area contributed by atoms with Crippen molar-refractivity contribution in [3.63, 3.8) is 0 Å². The fraction of sp³-hybridized carbons (Fsp3) is 0.0800. The Bertz CT molecular complexity index is 1400. The van der Waals surface area contributed by atoms with Gasteiger partial charge in [-0.05, 0) is 48.5 Å². The molecule has 0 fully saturated rings. The average Bonchev–Trinajstić information content (AvgIpc) is 3.42. The van der Waals surface area contributed by atoms with E-state index in [1.165, 1.54) is 7.11 Å². The number of aromatic nitrogens is 4. The number of methoxy groups -OCH3 is 1. The molecular formula is C25H21N5O2. The molecule has 0 atom stereocenters. The van der Waals surface area contributed by atoms with Crippen molar-refractivity contribution >= 4 is 22.6 Å². The predicted molar refractivity (Wildman–Crippen MR) is 124 cm³/mol. The lowest BCUT2D eigenvalue weighted by Crippen LogP contribution is -2.14. The smallest absolute Gasteiger partial charge is 0.280 e. The van der Waals surface area contributed by atoms with Crippen LogP contribution in [-0.4, -0.2) is 32.3 Å². The van der Waals surface area contributed by atoms with Crippen molar-refractivity contribution < 1.29 is 9.53 Å². The topological polar surface area (TPSA) is 74.0 Å². The number of amides is 1. The summed E-state index contributed by atoms with van der Waals surface area (Å²) in [5.74, 6) is 0.932. The van der Waals surface area contributed by atoms with Gasteiger partial charge in [0, 0.05) is 18.3 Å². The minimum atomic E-state index is -0.341. The van der Waals surface area contributed by atoms with E-state index in [0.717, 1.165) is 28.1 Å². The molecular weight excluding hydrogens is 402 g/mol. The van der Waals surface area contributed by atoms with Crippen molar-refractivity contribution in [1.82, 2.24) is 19.3 Å². The van der Waals surface area contributed by atoms with Gasteiger partial charge in [0.05, 0.1) is 30.0 Å². The second-order valence-electron chi connectivity index (χ2n) is 7.34. The van der Waals surface area contributed by atoms with Gasteiger partial charge in [-0.1, -0.05) is 30.3 Å². The van der Waals surface area contributed by atoms with Gasteiger partial charge >= 0.3 is 0 Å². The zero-order valence-corrected chi connectivity index (χ0v) is 17.7. The molecule has 0 saturated heterocycles. The highest BCUT2D eigenvalue weighted by atomic mass is 16.5. The van der Waals surface area contributed by atoms with Crippen LogP contribution in [0.2, 0.25) is 0 Å². The summed E-state index contributed by atoms with van der Waals surface area (Å²) in [4.78, 5) is 17.6. The van der Waals surface area contributed by atoms with E-state index in [2.05, 4.69) is 15.0 Å². The highest BCUT2D eigenvalue weighted by Gasteiger charge is 2.19. The lowest BCUT2D eigenvalue weighted by atomic mass is 10.2. The average molecular weight is 423 g/mol. The highest BCUT2D eigenvalue weighted by molar-refractivity contribution is 6.04. The summed E-state index contributed by atoms with van der Waals surface area (Å²) in [5, 5.41) is 7.31. The standard InChI is InChI=1S/C25H21N5O2/c1-29-21-11-7-6-10-20(21)27-24(29)17-12-14-18(15-13-17)26-25(31)23-22(32-2)16-30(28-23)19-8-4-3-5-9-19/h3-16H,1-2H3,(H,26,31). The highest BCUT2D eigenvalue weighted by Crippen LogP contribution is 2.26. The fourth-order valence-corrected chi connectivity index (χ4v) is 3.67. The number of hydrogen-bond donors (Lipinski definition) is 1. The second kappa shape index (κ2) is 8.03. The maximum Gasteiger partial charge on any atom is 0.280 e. The molecule has 0 bridgehead atoms. The third-order valence-corrected chi connectivity index (χ3v) is 5.32. The molecule has 0 radical (unpaired) electrons. The van der Waals surface area contributed by atoms with E-state index < -0.39 is 0 Å². The molecule has 0 aliphatic heterocycles. The third kappa shape index (κ3) is 3.50. The maximum atomic E-state index is 12.9. The van der Waals surface area contributed by atoms with Gasteiger partial charge in [0.2, 0.25) is 0 Å². The lowest BCUT2D eigenvalue weighted by Gasteiger charge is -2.07. The predicted octanol–water partition coefficient (Wildman–Crippen LogP) is 4.69. The number of para-hydroxylation sites is 3. The number of nitrogens with zero attached hydrogens (tertiary/aromatic N) is 4. The van der Waals surface area contributed by atoms with Crippen molar-refractivity contribution in [2.75, 3.05) is 12.4 Å². The van der Waals surface area contributed by atoms with Crippen molar-refractivity contribution in [2.24, 2.45) is 7.05 Å². The van der Waals surface area contributed by atoms with Crippen LogP contribution in [0.25, 0.3) is 28.1 Å². The first-order chi connectivity index (χ1) is 15.6. The quantitative estimate of drug-likeness (QED) is 0.445. The van der Waals surface area contributed by atoms with Crippen LogP contribution in [0.15, 0.2) is 85.1 Å². The molecule has 3 aromatic carbocycles. The summed E-state index contributed by atoms with van der Waals surface area (Å²) in [6.45, 7) is 0. The number of imidazole rings is 1. The number of aryl methyl sites for hydroxylation is 1. The Labute approximate surface area is 184 Å². The van der Waals surface area contributed by atoms with Crippen molar-refractivity contribution in [2.45, 2.75) is 0 Å². The number of ether oxygens (including phenoxy) is 1. The molecule has 5 aromatic rings. The van der Waals surface area contributed by atoms with Crippen molar-refractivity contribution in [3.8, 4) is 22.8 Å². The molecule has 0 aliphatic rings. The van der Waals surface area contributed by atoms with Crippen LogP contribution in [0.4, 0.5) is 5.69 Å². The molecule has 1 amide bonds. The molecule has 2 heterocycles. The molecule has 7 nitrogen and oxygen atoms in total. The second-order valence-corrected chi connectivity index (χ2v) is 7.34. The molecule has 0 aliphatic carbocycles. The van der Waals surface area contributed by atoms with Crippen LogP contribution in [0, 0.1) is 0 Å². The van der Waals surface area contributed by atoms with Gasteiger partial charge in [-0.3, -0.25) is 4.79 Å². The molecule has 5 rings (SSSR count). The van der Waals surface area contributed by atoms with Gasteiger partial charge in [-0.25, -0.2) is 9.67 Å². The zero-order chi connectivity index (χ0) is 22.1. The first-order valence-corrected chi connectivity index (χ1v) is 10.2. The Kier molecular flexibility index (Phi) is 4.91. The summed E-state index contributed by atoms with van der Waals surface area (Å²) < 4.78 is 9.06. The van der Waals surface area contributed by atoms with E-state index in [4.69, 9.17) is 9.72 Å². The number of fused-ring (bicyclic) bond motifs is 1. The van der Waals surface area contributed by atoms with Crippen LogP contribution >= 0.6 is 0 Å². The third-order valence-electron chi connectivity index (χ3n) is 5.32. The number of rotatable bonds is 5. The van der Waals surface area contributed by atoms with E-state index in [9.17, 15) is 4.79 Å². The van der Waals surface area contributed by atoms with Gasteiger partial charge < -0.3 is 14.6 Å². The SMILES string of the molecule is COc1cn(-c2ccccc2)nc1C(=O)Nc1ccc(-c2nc3ccccc3n2C)cc1. The first-order valence-electron chi connectivity index (χ1n) is 10.2. The summed E-state index contributed by atoms with van der Waals surface area (Å²) >= 11 is 0. The largest absolute Gasteiger partial charge is 0.493 e. The number of anilines is 1. The molecule has 32 heavy (non-hydrogen) atoms. The lowest BCUT2D eigenvalue weighted by molar-refractivity contribution is 0.101. The Morgan fingerprint density at radius 1 is 0.938 bits per heavy atom. The van der Waals surface area contributed by atoms with E-state index in [1.807, 2.05) is 85.9 Å². The monoisotopic (exact) mass is 423 g/mol. The Balaban J connectivity index is 1.38. The first kappa shape index (κ1) is 19.6. The Morgan fingerprint density at radius 3 is 2.38 bits per heavy atom. The van der Waals surface area contributed by atoms with Crippen LogP contribution in [0.5, 0.6) is 5.75 Å². The molecule has 7 heteroatoms. The van der Waals surface area contributed by atoms with Crippen molar-refractivity contribution in [1.29, 1.82) is 0 Å². The number of carbonyl (C=O) groups is 1. The van der Waals surface area contributed by atoms with E-state index in [-0.39, 0.29) is 11.6 Å². The van der Waals surface area contributed by atoms with Crippen molar-refractivity contribution in [3.05, 3.63) is 90.8 Å². The Hall–Kier alpha value is -4.39. The maximum absolute atomic E-state index is 12.9. The van der Waals surface area contributed by atoms with Crippen LogP contribution < -0.4 is 10.1 Å². The van der Waals surface area contributed by atoms with Crippen LogP contribution in [-0.2, 0) is 7.05 Å². The van der Waals surface area contributed by atoms with Gasteiger partial charge in [-0.2, -0.15) is 5.10 Å². The number of nitrogens with one attached hydrogen (secondary N) is 1. The molecule has 2 aromatic heterocycles. The molecule has 158 valence electrons. The number of carbonyl (C=O) groups excluding carboxylic acids is 1. The van der Waals surface area contributed by atoms with Gasteiger partial charge in [0.1, 0.15) is 5.82 Å². The molecule has 1 N–H and O–H groups in total. The van der Waals surface area contributed by atoms with Crippen LogP contribution in [0.1, 0.15) is 10.5 Å². The Morgan fingerprint density at radius 2 is 1.66 bits per heavy atom. The van der Waals surface area contributed by atoms with E-state index in [0.29, 0.717) is 11.4 Å². The molecule has 0 spiro atoms. The van der Waals surface area contributed by atoms with Gasteiger partial charge in [0.25, 0.3) is 5.91 Å². The fourth-order valence-electron chi connectivity index (χ4n) is 3.67.